The van der Waals surface area contributed by atoms with Crippen LogP contribution in [0.15, 0.2) is 0 Å². The standard InChI is InChI=1S/C19H35NO/c1-16-5-7-17(8-6-16)10-14-20-15-18-9-13-19(21-18)11-3-2-4-12-19/h16-18,20H,2-15H2,1H3. The van der Waals surface area contributed by atoms with Gasteiger partial charge in [-0.1, -0.05) is 51.9 Å². The van der Waals surface area contributed by atoms with Gasteiger partial charge in [0.05, 0.1) is 11.7 Å². The maximum atomic E-state index is 6.43. The zero-order valence-electron chi connectivity index (χ0n) is 14.0. The number of rotatable bonds is 5. The van der Waals surface area contributed by atoms with Crippen molar-refractivity contribution in [3.8, 4) is 0 Å². The summed E-state index contributed by atoms with van der Waals surface area (Å²) in [4.78, 5) is 0. The van der Waals surface area contributed by atoms with Crippen molar-refractivity contribution in [2.24, 2.45) is 11.8 Å². The van der Waals surface area contributed by atoms with E-state index in [2.05, 4.69) is 12.2 Å². The molecular formula is C19H35NO. The van der Waals surface area contributed by atoms with Crippen molar-refractivity contribution in [1.82, 2.24) is 5.32 Å². The molecule has 1 heterocycles. The molecule has 2 aliphatic carbocycles. The topological polar surface area (TPSA) is 21.3 Å². The zero-order chi connectivity index (χ0) is 14.5. The Morgan fingerprint density at radius 2 is 1.71 bits per heavy atom. The van der Waals surface area contributed by atoms with E-state index in [4.69, 9.17) is 4.74 Å². The lowest BCUT2D eigenvalue weighted by Gasteiger charge is -2.33. The maximum Gasteiger partial charge on any atom is 0.0708 e. The van der Waals surface area contributed by atoms with Gasteiger partial charge in [-0.15, -0.1) is 0 Å². The second kappa shape index (κ2) is 7.46. The van der Waals surface area contributed by atoms with E-state index >= 15 is 0 Å². The molecule has 0 aromatic rings. The average Bonchev–Trinajstić information content (AvgIpc) is 2.89. The molecule has 3 fully saturated rings. The molecule has 1 N–H and O–H groups in total. The minimum absolute atomic E-state index is 0.296. The number of ether oxygens (including phenoxy) is 1. The largest absolute Gasteiger partial charge is 0.370 e. The predicted molar refractivity (Wildman–Crippen MR) is 88.5 cm³/mol. The van der Waals surface area contributed by atoms with Crippen molar-refractivity contribution in [3.63, 3.8) is 0 Å². The SMILES string of the molecule is CC1CCC(CCNCC2CCC3(CCCCC3)O2)CC1. The van der Waals surface area contributed by atoms with Crippen molar-refractivity contribution < 1.29 is 4.74 Å². The monoisotopic (exact) mass is 293 g/mol. The van der Waals surface area contributed by atoms with Gasteiger partial charge in [0, 0.05) is 6.54 Å². The smallest absolute Gasteiger partial charge is 0.0708 e. The van der Waals surface area contributed by atoms with Crippen LogP contribution in [0.5, 0.6) is 0 Å². The molecule has 0 aromatic carbocycles. The van der Waals surface area contributed by atoms with Crippen LogP contribution >= 0.6 is 0 Å². The summed E-state index contributed by atoms with van der Waals surface area (Å²) in [5, 5.41) is 3.68. The van der Waals surface area contributed by atoms with E-state index in [9.17, 15) is 0 Å². The van der Waals surface area contributed by atoms with Crippen LogP contribution in [0.25, 0.3) is 0 Å². The van der Waals surface area contributed by atoms with Gasteiger partial charge in [-0.05, 0) is 50.5 Å². The van der Waals surface area contributed by atoms with Crippen molar-refractivity contribution in [3.05, 3.63) is 0 Å². The van der Waals surface area contributed by atoms with Crippen LogP contribution in [0, 0.1) is 11.8 Å². The van der Waals surface area contributed by atoms with Gasteiger partial charge < -0.3 is 10.1 Å². The molecule has 3 aliphatic rings. The lowest BCUT2D eigenvalue weighted by atomic mass is 9.81. The third-order valence-corrected chi connectivity index (χ3v) is 6.34. The number of nitrogens with one attached hydrogen (secondary N) is 1. The highest BCUT2D eigenvalue weighted by Gasteiger charge is 2.40. The molecule has 0 bridgehead atoms. The third kappa shape index (κ3) is 4.45. The van der Waals surface area contributed by atoms with Gasteiger partial charge in [0.15, 0.2) is 0 Å². The van der Waals surface area contributed by atoms with Gasteiger partial charge in [0.2, 0.25) is 0 Å². The van der Waals surface area contributed by atoms with Crippen molar-refractivity contribution in [2.45, 2.75) is 95.7 Å². The van der Waals surface area contributed by atoms with Crippen LogP contribution in [0.4, 0.5) is 0 Å². The molecule has 1 unspecified atom stereocenters. The molecule has 1 saturated heterocycles. The fraction of sp³-hybridized carbons (Fsp3) is 1.00. The summed E-state index contributed by atoms with van der Waals surface area (Å²) in [6, 6.07) is 0. The molecule has 0 amide bonds. The Morgan fingerprint density at radius 3 is 2.48 bits per heavy atom. The van der Waals surface area contributed by atoms with E-state index in [0.29, 0.717) is 11.7 Å². The molecular weight excluding hydrogens is 258 g/mol. The van der Waals surface area contributed by atoms with Crippen LogP contribution in [-0.2, 0) is 4.74 Å². The summed E-state index contributed by atoms with van der Waals surface area (Å²) in [5.74, 6) is 1.97. The average molecular weight is 293 g/mol. The van der Waals surface area contributed by atoms with Gasteiger partial charge in [0.25, 0.3) is 0 Å². The Balaban J connectivity index is 1.28. The first-order chi connectivity index (χ1) is 10.3. The van der Waals surface area contributed by atoms with E-state index in [-0.39, 0.29) is 0 Å². The van der Waals surface area contributed by atoms with E-state index in [1.807, 2.05) is 0 Å². The molecule has 2 saturated carbocycles. The highest BCUT2D eigenvalue weighted by atomic mass is 16.5. The first-order valence-electron chi connectivity index (χ1n) is 9.64. The predicted octanol–water partition coefficient (Wildman–Crippen LogP) is 4.67. The lowest BCUT2D eigenvalue weighted by Crippen LogP contribution is -2.35. The minimum Gasteiger partial charge on any atom is -0.370 e. The third-order valence-electron chi connectivity index (χ3n) is 6.34. The van der Waals surface area contributed by atoms with Crippen LogP contribution in [-0.4, -0.2) is 24.8 Å². The van der Waals surface area contributed by atoms with Crippen LogP contribution < -0.4 is 5.32 Å². The van der Waals surface area contributed by atoms with Gasteiger partial charge in [-0.3, -0.25) is 0 Å². The Labute approximate surface area is 131 Å². The maximum absolute atomic E-state index is 6.43. The molecule has 1 aliphatic heterocycles. The molecule has 0 aromatic heterocycles. The number of hydrogen-bond donors (Lipinski definition) is 1. The Kier molecular flexibility index (Phi) is 5.61. The zero-order valence-corrected chi connectivity index (χ0v) is 14.0. The van der Waals surface area contributed by atoms with Gasteiger partial charge >= 0.3 is 0 Å². The van der Waals surface area contributed by atoms with Crippen molar-refractivity contribution >= 4 is 0 Å². The van der Waals surface area contributed by atoms with Crippen LogP contribution in [0.1, 0.15) is 84.0 Å². The molecule has 3 rings (SSSR count). The molecule has 1 spiro atoms. The molecule has 1 atom stereocenters. The van der Waals surface area contributed by atoms with Crippen molar-refractivity contribution in [1.29, 1.82) is 0 Å². The summed E-state index contributed by atoms with van der Waals surface area (Å²) in [6.07, 6.45) is 17.2. The van der Waals surface area contributed by atoms with Crippen LogP contribution in [0.2, 0.25) is 0 Å². The molecule has 0 radical (unpaired) electrons. The van der Waals surface area contributed by atoms with Gasteiger partial charge in [-0.2, -0.15) is 0 Å². The number of hydrogen-bond acceptors (Lipinski definition) is 2. The van der Waals surface area contributed by atoms with E-state index < -0.39 is 0 Å². The van der Waals surface area contributed by atoms with Crippen molar-refractivity contribution in [2.75, 3.05) is 13.1 Å². The molecule has 122 valence electrons. The molecule has 2 heteroatoms. The second-order valence-electron chi connectivity index (χ2n) is 8.14. The normalized spacial score (nSPS) is 36.1. The summed E-state index contributed by atoms with van der Waals surface area (Å²) in [5.41, 5.74) is 0.296. The highest BCUT2D eigenvalue weighted by molar-refractivity contribution is 4.91. The van der Waals surface area contributed by atoms with E-state index in [1.54, 1.807) is 0 Å². The summed E-state index contributed by atoms with van der Waals surface area (Å²) in [6.45, 7) is 4.70. The Bertz CT molecular complexity index is 303. The Morgan fingerprint density at radius 1 is 0.952 bits per heavy atom. The Hall–Kier alpha value is -0.0800. The highest BCUT2D eigenvalue weighted by Crippen LogP contribution is 2.41. The van der Waals surface area contributed by atoms with Crippen LogP contribution in [0.3, 0.4) is 0 Å². The summed E-state index contributed by atoms with van der Waals surface area (Å²) in [7, 11) is 0. The van der Waals surface area contributed by atoms with Gasteiger partial charge in [-0.25, -0.2) is 0 Å². The lowest BCUT2D eigenvalue weighted by molar-refractivity contribution is -0.0623. The fourth-order valence-corrected chi connectivity index (χ4v) is 4.79. The first kappa shape index (κ1) is 15.8. The van der Waals surface area contributed by atoms with E-state index in [1.165, 1.54) is 83.6 Å². The summed E-state index contributed by atoms with van der Waals surface area (Å²) >= 11 is 0. The quantitative estimate of drug-likeness (QED) is 0.743. The minimum atomic E-state index is 0.296. The van der Waals surface area contributed by atoms with Gasteiger partial charge in [0.1, 0.15) is 0 Å². The van der Waals surface area contributed by atoms with E-state index in [0.717, 1.165) is 18.4 Å². The summed E-state index contributed by atoms with van der Waals surface area (Å²) < 4.78 is 6.43. The first-order valence-corrected chi connectivity index (χ1v) is 9.64. The molecule has 21 heavy (non-hydrogen) atoms. The fourth-order valence-electron chi connectivity index (χ4n) is 4.79. The second-order valence-corrected chi connectivity index (χ2v) is 8.14. The molecule has 2 nitrogen and oxygen atoms in total.